The third-order valence-electron chi connectivity index (χ3n) is 5.06. The Bertz CT molecular complexity index is 1480. The summed E-state index contributed by atoms with van der Waals surface area (Å²) in [6, 6.07) is 15.1. The van der Waals surface area contributed by atoms with Crippen LogP contribution in [0.1, 0.15) is 24.3 Å². The molecular formula is C24H16O7. The van der Waals surface area contributed by atoms with Gasteiger partial charge in [0.15, 0.2) is 5.76 Å². The van der Waals surface area contributed by atoms with Gasteiger partial charge in [0.2, 0.25) is 0 Å². The highest BCUT2D eigenvalue weighted by atomic mass is 16.7. The summed E-state index contributed by atoms with van der Waals surface area (Å²) >= 11 is 0. The fraction of sp³-hybridized carbons (Fsp3) is 0.125. The Balaban J connectivity index is 1.79. The van der Waals surface area contributed by atoms with Crippen LogP contribution in [0.2, 0.25) is 0 Å². The van der Waals surface area contributed by atoms with Crippen LogP contribution in [0, 0.1) is 6.92 Å². The lowest BCUT2D eigenvalue weighted by Gasteiger charge is -2.26. The van der Waals surface area contributed by atoms with Gasteiger partial charge in [-0.1, -0.05) is 24.3 Å². The number of hydrogen-bond acceptors (Lipinski definition) is 7. The summed E-state index contributed by atoms with van der Waals surface area (Å²) in [5.74, 6) is 0.132. The van der Waals surface area contributed by atoms with Crippen molar-refractivity contribution in [2.45, 2.75) is 20.1 Å². The average molecular weight is 416 g/mol. The molecule has 31 heavy (non-hydrogen) atoms. The smallest absolute Gasteiger partial charge is 0.344 e. The van der Waals surface area contributed by atoms with Crippen molar-refractivity contribution in [1.82, 2.24) is 0 Å². The maximum Gasteiger partial charge on any atom is 0.344 e. The van der Waals surface area contributed by atoms with Gasteiger partial charge in [0.05, 0.1) is 16.7 Å². The molecule has 0 saturated carbocycles. The molecule has 0 aliphatic carbocycles. The largest absolute Gasteiger partial charge is 0.450 e. The Hall–Kier alpha value is -4.13. The van der Waals surface area contributed by atoms with Gasteiger partial charge in [0.25, 0.3) is 6.29 Å². The minimum absolute atomic E-state index is 0.139. The molecule has 2 aromatic heterocycles. The number of carbonyl (C=O) groups excluding carboxylic acids is 1. The van der Waals surface area contributed by atoms with E-state index in [4.69, 9.17) is 18.3 Å². The first kappa shape index (κ1) is 18.9. The topological polar surface area (TPSA) is 96.0 Å². The number of esters is 1. The van der Waals surface area contributed by atoms with Gasteiger partial charge in [0.1, 0.15) is 11.3 Å². The van der Waals surface area contributed by atoms with E-state index in [-0.39, 0.29) is 11.3 Å². The lowest BCUT2D eigenvalue weighted by Crippen LogP contribution is -2.21. The predicted octanol–water partition coefficient (Wildman–Crippen LogP) is 4.34. The molecule has 1 unspecified atom stereocenters. The Kier molecular flexibility index (Phi) is 4.25. The first-order chi connectivity index (χ1) is 14.9. The monoisotopic (exact) mass is 416 g/mol. The van der Waals surface area contributed by atoms with Gasteiger partial charge in [-0.2, -0.15) is 0 Å². The third-order valence-corrected chi connectivity index (χ3v) is 5.06. The zero-order chi connectivity index (χ0) is 21.7. The number of benzene rings is 2. The van der Waals surface area contributed by atoms with Gasteiger partial charge in [-0.25, -0.2) is 9.59 Å². The van der Waals surface area contributed by atoms with E-state index in [1.165, 1.54) is 13.0 Å². The minimum atomic E-state index is -1.10. The van der Waals surface area contributed by atoms with Crippen LogP contribution in [0.25, 0.3) is 33.4 Å². The van der Waals surface area contributed by atoms with Crippen LogP contribution in [0.4, 0.5) is 0 Å². The number of fused-ring (bicyclic) bond motifs is 4. The molecule has 0 amide bonds. The minimum Gasteiger partial charge on any atom is -0.450 e. The molecule has 0 bridgehead atoms. The summed E-state index contributed by atoms with van der Waals surface area (Å²) in [4.78, 5) is 36.8. The van der Waals surface area contributed by atoms with Crippen LogP contribution >= 0.6 is 0 Å². The SMILES string of the molecule is CC(=O)OC1Oc2ccccc2-c2oc(=O)c(-c3cc(=O)oc4cc(C)ccc34)cc21. The summed E-state index contributed by atoms with van der Waals surface area (Å²) in [6.07, 6.45) is -1.10. The molecule has 5 rings (SSSR count). The van der Waals surface area contributed by atoms with Crippen molar-refractivity contribution in [3.63, 3.8) is 0 Å². The fourth-order valence-corrected chi connectivity index (χ4v) is 3.73. The van der Waals surface area contributed by atoms with Gasteiger partial charge in [-0.05, 0) is 36.8 Å². The maximum absolute atomic E-state index is 13.0. The Morgan fingerprint density at radius 1 is 0.935 bits per heavy atom. The van der Waals surface area contributed by atoms with Crippen LogP contribution in [-0.2, 0) is 9.53 Å². The van der Waals surface area contributed by atoms with Crippen molar-refractivity contribution >= 4 is 16.9 Å². The normalized spacial score (nSPS) is 14.5. The molecular weight excluding hydrogens is 400 g/mol. The average Bonchev–Trinajstić information content (AvgIpc) is 2.72. The molecule has 0 fully saturated rings. The van der Waals surface area contributed by atoms with Gasteiger partial charge in [0, 0.05) is 23.9 Å². The highest BCUT2D eigenvalue weighted by Crippen LogP contribution is 2.43. The Morgan fingerprint density at radius 3 is 2.55 bits per heavy atom. The van der Waals surface area contributed by atoms with E-state index in [1.54, 1.807) is 42.5 Å². The number of carbonyl (C=O) groups is 1. The van der Waals surface area contributed by atoms with Gasteiger partial charge in [-0.3, -0.25) is 4.79 Å². The van der Waals surface area contributed by atoms with Crippen LogP contribution in [0.3, 0.4) is 0 Å². The quantitative estimate of drug-likeness (QED) is 0.354. The number of aryl methyl sites for hydroxylation is 1. The molecule has 0 spiro atoms. The maximum atomic E-state index is 13.0. The van der Waals surface area contributed by atoms with Crippen molar-refractivity contribution in [3.8, 4) is 28.2 Å². The van der Waals surface area contributed by atoms with Gasteiger partial charge < -0.3 is 18.3 Å². The van der Waals surface area contributed by atoms with Crippen molar-refractivity contribution in [1.29, 1.82) is 0 Å². The molecule has 4 aromatic rings. The summed E-state index contributed by atoms with van der Waals surface area (Å²) in [5, 5.41) is 0.582. The van der Waals surface area contributed by atoms with E-state index in [9.17, 15) is 14.4 Å². The molecule has 1 aliphatic heterocycles. The van der Waals surface area contributed by atoms with Crippen LogP contribution < -0.4 is 16.0 Å². The van der Waals surface area contributed by atoms with Crippen molar-refractivity contribution in [3.05, 3.63) is 86.6 Å². The molecule has 7 heteroatoms. The second-order valence-corrected chi connectivity index (χ2v) is 7.27. The lowest BCUT2D eigenvalue weighted by atomic mass is 9.97. The molecule has 154 valence electrons. The Morgan fingerprint density at radius 2 is 1.74 bits per heavy atom. The fourth-order valence-electron chi connectivity index (χ4n) is 3.73. The van der Waals surface area contributed by atoms with Gasteiger partial charge >= 0.3 is 17.2 Å². The van der Waals surface area contributed by atoms with E-state index < -0.39 is 23.5 Å². The molecule has 1 atom stereocenters. The highest BCUT2D eigenvalue weighted by molar-refractivity contribution is 5.93. The molecule has 0 radical (unpaired) electrons. The second kappa shape index (κ2) is 6.98. The highest BCUT2D eigenvalue weighted by Gasteiger charge is 2.32. The standard InChI is InChI=1S/C24H16O7/c1-12-7-8-14-16(11-21(26)29-20(14)9-12)17-10-18-22(31-23(17)27)15-5-3-4-6-19(15)30-24(18)28-13(2)25/h3-11,24H,1-2H3. The molecule has 3 heterocycles. The van der Waals surface area contributed by atoms with E-state index in [1.807, 2.05) is 13.0 Å². The summed E-state index contributed by atoms with van der Waals surface area (Å²) < 4.78 is 22.1. The third kappa shape index (κ3) is 3.20. The second-order valence-electron chi connectivity index (χ2n) is 7.27. The summed E-state index contributed by atoms with van der Waals surface area (Å²) in [5.41, 5.74) is 1.48. The van der Waals surface area contributed by atoms with E-state index in [0.717, 1.165) is 5.56 Å². The number of hydrogen-bond donors (Lipinski definition) is 0. The zero-order valence-electron chi connectivity index (χ0n) is 16.6. The van der Waals surface area contributed by atoms with E-state index in [0.29, 0.717) is 33.4 Å². The molecule has 2 aromatic carbocycles. The molecule has 7 nitrogen and oxygen atoms in total. The summed E-state index contributed by atoms with van der Waals surface area (Å²) in [7, 11) is 0. The van der Waals surface area contributed by atoms with Gasteiger partial charge in [-0.15, -0.1) is 0 Å². The van der Waals surface area contributed by atoms with Crippen molar-refractivity contribution in [2.75, 3.05) is 0 Å². The predicted molar refractivity (Wildman–Crippen MR) is 112 cm³/mol. The lowest BCUT2D eigenvalue weighted by molar-refractivity contribution is -0.162. The molecule has 0 saturated heterocycles. The first-order valence-corrected chi connectivity index (χ1v) is 9.57. The molecule has 1 aliphatic rings. The van der Waals surface area contributed by atoms with E-state index in [2.05, 4.69) is 0 Å². The number of rotatable bonds is 2. The zero-order valence-corrected chi connectivity index (χ0v) is 16.6. The van der Waals surface area contributed by atoms with Crippen LogP contribution in [-0.4, -0.2) is 5.97 Å². The van der Waals surface area contributed by atoms with Crippen molar-refractivity contribution in [2.24, 2.45) is 0 Å². The summed E-state index contributed by atoms with van der Waals surface area (Å²) in [6.45, 7) is 3.14. The van der Waals surface area contributed by atoms with E-state index >= 15 is 0 Å². The number of ether oxygens (including phenoxy) is 2. The van der Waals surface area contributed by atoms with Crippen LogP contribution in [0.5, 0.6) is 5.75 Å². The molecule has 0 N–H and O–H groups in total. The van der Waals surface area contributed by atoms with Crippen LogP contribution in [0.15, 0.2) is 73.0 Å². The first-order valence-electron chi connectivity index (χ1n) is 9.57. The Labute approximate surface area is 175 Å². The number of para-hydroxylation sites is 1. The van der Waals surface area contributed by atoms with Crippen molar-refractivity contribution < 1.29 is 23.1 Å².